The Kier molecular flexibility index (Phi) is 5.47. The zero-order valence-corrected chi connectivity index (χ0v) is 15.8. The first kappa shape index (κ1) is 18.6. The number of hydrogen-bond acceptors (Lipinski definition) is 2. The number of nitrogens with one attached hydrogen (secondary N) is 1. The smallest absolute Gasteiger partial charge is 0.270 e. The quantitative estimate of drug-likeness (QED) is 0.525. The minimum atomic E-state index is -0.310. The molecule has 0 spiro atoms. The lowest BCUT2D eigenvalue weighted by molar-refractivity contribution is 0.0946. The van der Waals surface area contributed by atoms with Crippen molar-refractivity contribution in [1.29, 1.82) is 0 Å². The van der Waals surface area contributed by atoms with E-state index in [1.54, 1.807) is 22.9 Å². The van der Waals surface area contributed by atoms with Crippen molar-refractivity contribution < 1.29 is 9.18 Å². The molecule has 4 rings (SSSR count). The Bertz CT molecular complexity index is 1090. The minimum Gasteiger partial charge on any atom is -0.350 e. The molecule has 3 aromatic carbocycles. The Morgan fingerprint density at radius 3 is 2.24 bits per heavy atom. The summed E-state index contributed by atoms with van der Waals surface area (Å²) in [5.74, 6) is -0.513. The first-order valence-corrected chi connectivity index (χ1v) is 9.44. The van der Waals surface area contributed by atoms with E-state index in [1.165, 1.54) is 12.1 Å². The lowest BCUT2D eigenvalue weighted by Crippen LogP contribution is -2.27. The molecular weight excluding hydrogens is 365 g/mol. The van der Waals surface area contributed by atoms with Crippen LogP contribution in [-0.4, -0.2) is 22.2 Å². The van der Waals surface area contributed by atoms with Gasteiger partial charge in [-0.15, -0.1) is 0 Å². The Morgan fingerprint density at radius 1 is 0.897 bits per heavy atom. The molecule has 0 aliphatic rings. The molecule has 0 unspecified atom stereocenters. The average molecular weight is 385 g/mol. The second-order valence-corrected chi connectivity index (χ2v) is 6.66. The van der Waals surface area contributed by atoms with Crippen LogP contribution in [0.15, 0.2) is 91.0 Å². The van der Waals surface area contributed by atoms with Crippen LogP contribution < -0.4 is 5.32 Å². The molecule has 1 aromatic heterocycles. The highest BCUT2D eigenvalue weighted by Gasteiger charge is 2.17. The SMILES string of the molecule is O=C(NCCc1ccccc1)c1cc(-c2ccc(F)cc2)nn1-c1ccccc1. The normalized spacial score (nSPS) is 10.7. The molecule has 1 N–H and O–H groups in total. The van der Waals surface area contributed by atoms with Gasteiger partial charge < -0.3 is 5.32 Å². The molecule has 1 heterocycles. The van der Waals surface area contributed by atoms with Crippen molar-refractivity contribution in [2.45, 2.75) is 6.42 Å². The van der Waals surface area contributed by atoms with Crippen LogP contribution in [0.1, 0.15) is 16.1 Å². The van der Waals surface area contributed by atoms with Gasteiger partial charge in [-0.1, -0.05) is 48.5 Å². The van der Waals surface area contributed by atoms with Crippen LogP contribution in [0.2, 0.25) is 0 Å². The van der Waals surface area contributed by atoms with Gasteiger partial charge in [-0.05, 0) is 54.4 Å². The topological polar surface area (TPSA) is 46.9 Å². The van der Waals surface area contributed by atoms with Crippen LogP contribution in [0.25, 0.3) is 16.9 Å². The van der Waals surface area contributed by atoms with Crippen LogP contribution in [0.5, 0.6) is 0 Å². The monoisotopic (exact) mass is 385 g/mol. The molecule has 0 atom stereocenters. The Balaban J connectivity index is 1.60. The first-order chi connectivity index (χ1) is 14.2. The third kappa shape index (κ3) is 4.41. The van der Waals surface area contributed by atoms with E-state index in [0.717, 1.165) is 23.2 Å². The summed E-state index contributed by atoms with van der Waals surface area (Å²) in [4.78, 5) is 12.9. The molecule has 0 aliphatic carbocycles. The molecule has 144 valence electrons. The van der Waals surface area contributed by atoms with E-state index in [4.69, 9.17) is 0 Å². The second-order valence-electron chi connectivity index (χ2n) is 6.66. The Morgan fingerprint density at radius 2 is 1.55 bits per heavy atom. The summed E-state index contributed by atoms with van der Waals surface area (Å²) >= 11 is 0. The van der Waals surface area contributed by atoms with Gasteiger partial charge in [0.05, 0.1) is 11.4 Å². The summed E-state index contributed by atoms with van der Waals surface area (Å²) in [7, 11) is 0. The summed E-state index contributed by atoms with van der Waals surface area (Å²) < 4.78 is 14.9. The number of halogens is 1. The summed E-state index contributed by atoms with van der Waals surface area (Å²) in [6.07, 6.45) is 0.747. The summed E-state index contributed by atoms with van der Waals surface area (Å²) in [5, 5.41) is 7.57. The van der Waals surface area contributed by atoms with E-state index in [2.05, 4.69) is 10.4 Å². The van der Waals surface area contributed by atoms with Gasteiger partial charge in [0.15, 0.2) is 0 Å². The molecule has 4 nitrogen and oxygen atoms in total. The summed E-state index contributed by atoms with van der Waals surface area (Å²) in [6, 6.07) is 27.3. The summed E-state index contributed by atoms with van der Waals surface area (Å²) in [5.41, 5.74) is 3.75. The second kappa shape index (κ2) is 8.52. The first-order valence-electron chi connectivity index (χ1n) is 9.44. The van der Waals surface area contributed by atoms with Gasteiger partial charge in [0.2, 0.25) is 0 Å². The molecule has 0 fully saturated rings. The highest BCUT2D eigenvalue weighted by atomic mass is 19.1. The number of benzene rings is 3. The highest BCUT2D eigenvalue weighted by Crippen LogP contribution is 2.22. The average Bonchev–Trinajstić information content (AvgIpc) is 3.21. The number of rotatable bonds is 6. The molecule has 0 radical (unpaired) electrons. The molecule has 5 heteroatoms. The van der Waals surface area contributed by atoms with Gasteiger partial charge in [0.1, 0.15) is 11.5 Å². The fraction of sp³-hybridized carbons (Fsp3) is 0.0833. The van der Waals surface area contributed by atoms with Gasteiger partial charge in [0, 0.05) is 12.1 Å². The van der Waals surface area contributed by atoms with E-state index in [-0.39, 0.29) is 11.7 Å². The van der Waals surface area contributed by atoms with Crippen molar-refractivity contribution >= 4 is 5.91 Å². The Hall–Kier alpha value is -3.73. The number of hydrogen-bond donors (Lipinski definition) is 1. The molecule has 0 bridgehead atoms. The number of amides is 1. The van der Waals surface area contributed by atoms with E-state index < -0.39 is 0 Å². The third-order valence-corrected chi connectivity index (χ3v) is 4.62. The maximum absolute atomic E-state index is 13.3. The van der Waals surface area contributed by atoms with Gasteiger partial charge >= 0.3 is 0 Å². The Labute approximate surface area is 168 Å². The standard InChI is InChI=1S/C24H20FN3O/c25-20-13-11-19(12-14-20)22-17-23(28(27-22)21-9-5-2-6-10-21)24(29)26-16-15-18-7-3-1-4-8-18/h1-14,17H,15-16H2,(H,26,29). The maximum Gasteiger partial charge on any atom is 0.270 e. The van der Waals surface area contributed by atoms with E-state index in [0.29, 0.717) is 17.9 Å². The fourth-order valence-corrected chi connectivity index (χ4v) is 3.13. The van der Waals surface area contributed by atoms with Gasteiger partial charge in [0.25, 0.3) is 5.91 Å². The highest BCUT2D eigenvalue weighted by molar-refractivity contribution is 5.94. The minimum absolute atomic E-state index is 0.203. The maximum atomic E-state index is 13.3. The number of aromatic nitrogens is 2. The third-order valence-electron chi connectivity index (χ3n) is 4.62. The predicted molar refractivity (Wildman–Crippen MR) is 111 cm³/mol. The van der Waals surface area contributed by atoms with Gasteiger partial charge in [-0.25, -0.2) is 9.07 Å². The van der Waals surface area contributed by atoms with E-state index >= 15 is 0 Å². The van der Waals surface area contributed by atoms with Crippen molar-refractivity contribution in [2.75, 3.05) is 6.54 Å². The lowest BCUT2D eigenvalue weighted by Gasteiger charge is -2.08. The zero-order valence-electron chi connectivity index (χ0n) is 15.8. The predicted octanol–water partition coefficient (Wildman–Crippen LogP) is 4.65. The summed E-state index contributed by atoms with van der Waals surface area (Å²) in [6.45, 7) is 0.523. The molecule has 1 amide bonds. The molecular formula is C24H20FN3O. The van der Waals surface area contributed by atoms with Crippen molar-refractivity contribution in [2.24, 2.45) is 0 Å². The largest absolute Gasteiger partial charge is 0.350 e. The molecule has 4 aromatic rings. The van der Waals surface area contributed by atoms with Crippen molar-refractivity contribution in [1.82, 2.24) is 15.1 Å². The van der Waals surface area contributed by atoms with Crippen molar-refractivity contribution in [3.63, 3.8) is 0 Å². The fourth-order valence-electron chi connectivity index (χ4n) is 3.13. The van der Waals surface area contributed by atoms with E-state index in [1.807, 2.05) is 60.7 Å². The number of nitrogens with zero attached hydrogens (tertiary/aromatic N) is 2. The van der Waals surface area contributed by atoms with E-state index in [9.17, 15) is 9.18 Å². The van der Waals surface area contributed by atoms with Crippen LogP contribution >= 0.6 is 0 Å². The van der Waals surface area contributed by atoms with Gasteiger partial charge in [-0.2, -0.15) is 5.10 Å². The number of carbonyl (C=O) groups is 1. The van der Waals surface area contributed by atoms with Crippen molar-refractivity contribution in [3.8, 4) is 16.9 Å². The molecule has 0 saturated carbocycles. The molecule has 0 saturated heterocycles. The van der Waals surface area contributed by atoms with Crippen molar-refractivity contribution in [3.05, 3.63) is 108 Å². The molecule has 29 heavy (non-hydrogen) atoms. The van der Waals surface area contributed by atoms with Gasteiger partial charge in [-0.3, -0.25) is 4.79 Å². The lowest BCUT2D eigenvalue weighted by atomic mass is 10.1. The number of carbonyl (C=O) groups excluding carboxylic acids is 1. The number of para-hydroxylation sites is 1. The van der Waals surface area contributed by atoms with Crippen LogP contribution in [-0.2, 0) is 6.42 Å². The van der Waals surface area contributed by atoms with Crippen LogP contribution in [0.3, 0.4) is 0 Å². The van der Waals surface area contributed by atoms with Crippen LogP contribution in [0.4, 0.5) is 4.39 Å². The molecule has 0 aliphatic heterocycles. The van der Waals surface area contributed by atoms with Crippen LogP contribution in [0, 0.1) is 5.82 Å². The zero-order chi connectivity index (χ0) is 20.1.